The lowest BCUT2D eigenvalue weighted by Gasteiger charge is -2.15. The minimum absolute atomic E-state index is 0.128. The maximum atomic E-state index is 5.22. The van der Waals surface area contributed by atoms with E-state index >= 15 is 0 Å². The summed E-state index contributed by atoms with van der Waals surface area (Å²) in [6.07, 6.45) is 3.16. The van der Waals surface area contributed by atoms with Gasteiger partial charge in [-0.25, -0.2) is 4.98 Å². The molecule has 1 unspecified atom stereocenters. The number of aromatic nitrogens is 3. The predicted octanol–water partition coefficient (Wildman–Crippen LogP) is 3.38. The second-order valence-electron chi connectivity index (χ2n) is 5.00. The maximum Gasteiger partial charge on any atom is 0.203 e. The van der Waals surface area contributed by atoms with Crippen LogP contribution in [0.5, 0.6) is 0 Å². The Kier molecular flexibility index (Phi) is 3.93. The molecule has 0 spiro atoms. The Morgan fingerprint density at radius 3 is 2.68 bits per heavy atom. The van der Waals surface area contributed by atoms with Gasteiger partial charge in [-0.2, -0.15) is 0 Å². The van der Waals surface area contributed by atoms with Crippen LogP contribution in [0.25, 0.3) is 0 Å². The van der Waals surface area contributed by atoms with Crippen molar-refractivity contribution in [3.05, 3.63) is 28.9 Å². The molecule has 0 aliphatic carbocycles. The summed E-state index contributed by atoms with van der Waals surface area (Å²) in [5, 5.41) is 7.45. The first-order chi connectivity index (χ1) is 9.02. The van der Waals surface area contributed by atoms with Crippen LogP contribution in [0.15, 0.2) is 10.7 Å². The van der Waals surface area contributed by atoms with Crippen molar-refractivity contribution in [3.8, 4) is 0 Å². The molecule has 0 bridgehead atoms. The van der Waals surface area contributed by atoms with Gasteiger partial charge in [-0.3, -0.25) is 0 Å². The molecule has 0 aromatic carbocycles. The summed E-state index contributed by atoms with van der Waals surface area (Å²) in [4.78, 5) is 4.54. The topological polar surface area (TPSA) is 55.9 Å². The highest BCUT2D eigenvalue weighted by molar-refractivity contribution is 5.36. The number of rotatable bonds is 5. The fourth-order valence-corrected chi connectivity index (χ4v) is 2.45. The van der Waals surface area contributed by atoms with Crippen LogP contribution < -0.4 is 5.32 Å². The lowest BCUT2D eigenvalue weighted by Crippen LogP contribution is -2.13. The van der Waals surface area contributed by atoms with Gasteiger partial charge in [0.1, 0.15) is 5.76 Å². The first-order valence-electron chi connectivity index (χ1n) is 6.76. The van der Waals surface area contributed by atoms with Crippen molar-refractivity contribution in [1.82, 2.24) is 14.7 Å². The highest BCUT2D eigenvalue weighted by Crippen LogP contribution is 2.24. The molecular weight excluding hydrogens is 240 g/mol. The third kappa shape index (κ3) is 2.80. The molecule has 2 aromatic heterocycles. The van der Waals surface area contributed by atoms with E-state index in [2.05, 4.69) is 40.1 Å². The van der Waals surface area contributed by atoms with Crippen molar-refractivity contribution in [3.63, 3.8) is 0 Å². The van der Waals surface area contributed by atoms with Gasteiger partial charge in [0.25, 0.3) is 0 Å². The van der Waals surface area contributed by atoms with Crippen LogP contribution in [0.1, 0.15) is 49.0 Å². The van der Waals surface area contributed by atoms with E-state index in [4.69, 9.17) is 4.52 Å². The van der Waals surface area contributed by atoms with E-state index in [1.54, 1.807) is 0 Å². The molecule has 5 nitrogen and oxygen atoms in total. The third-order valence-corrected chi connectivity index (χ3v) is 3.23. The summed E-state index contributed by atoms with van der Waals surface area (Å²) in [5.74, 6) is 1.77. The van der Waals surface area contributed by atoms with Gasteiger partial charge in [0, 0.05) is 18.3 Å². The normalized spacial score (nSPS) is 12.7. The fourth-order valence-electron chi connectivity index (χ4n) is 2.45. The van der Waals surface area contributed by atoms with Gasteiger partial charge in [0.2, 0.25) is 5.95 Å². The number of hydrogen-bond acceptors (Lipinski definition) is 4. The Morgan fingerprint density at radius 1 is 1.37 bits per heavy atom. The molecule has 104 valence electrons. The summed E-state index contributed by atoms with van der Waals surface area (Å²) in [6.45, 7) is 11.2. The summed E-state index contributed by atoms with van der Waals surface area (Å²) < 4.78 is 7.38. The molecular formula is C14H22N4O. The van der Waals surface area contributed by atoms with Crippen molar-refractivity contribution in [1.29, 1.82) is 0 Å². The number of imidazole rings is 1. The summed E-state index contributed by atoms with van der Waals surface area (Å²) in [7, 11) is 0. The van der Waals surface area contributed by atoms with Crippen molar-refractivity contribution in [2.75, 3.05) is 5.32 Å². The van der Waals surface area contributed by atoms with E-state index in [1.165, 1.54) is 0 Å². The molecule has 1 atom stereocenters. The molecule has 19 heavy (non-hydrogen) atoms. The minimum atomic E-state index is 0.128. The molecule has 0 radical (unpaired) electrons. The highest BCUT2D eigenvalue weighted by Gasteiger charge is 2.18. The predicted molar refractivity (Wildman–Crippen MR) is 75.3 cm³/mol. The van der Waals surface area contributed by atoms with Crippen LogP contribution in [0.4, 0.5) is 5.95 Å². The molecule has 2 heterocycles. The Labute approximate surface area is 114 Å². The third-order valence-electron chi connectivity index (χ3n) is 3.23. The van der Waals surface area contributed by atoms with Gasteiger partial charge >= 0.3 is 0 Å². The second kappa shape index (κ2) is 5.47. The van der Waals surface area contributed by atoms with E-state index in [9.17, 15) is 0 Å². The van der Waals surface area contributed by atoms with E-state index in [-0.39, 0.29) is 6.04 Å². The van der Waals surface area contributed by atoms with Crippen molar-refractivity contribution in [2.24, 2.45) is 0 Å². The molecule has 0 fully saturated rings. The number of hydrogen-bond donors (Lipinski definition) is 1. The molecule has 5 heteroatoms. The number of nitrogens with zero attached hydrogens (tertiary/aromatic N) is 3. The van der Waals surface area contributed by atoms with Crippen LogP contribution in [-0.2, 0) is 6.54 Å². The standard InChI is InChI=1S/C14H22N4O/c1-6-7-18-8-9(2)15-14(18)16-10(3)13-11(4)17-19-12(13)5/h8,10H,6-7H2,1-5H3,(H,15,16). The van der Waals surface area contributed by atoms with Gasteiger partial charge in [0.05, 0.1) is 17.4 Å². The van der Waals surface area contributed by atoms with Crippen molar-refractivity contribution < 1.29 is 4.52 Å². The number of nitrogens with one attached hydrogen (secondary N) is 1. The molecule has 2 aromatic rings. The van der Waals surface area contributed by atoms with Crippen molar-refractivity contribution >= 4 is 5.95 Å². The molecule has 0 saturated heterocycles. The second-order valence-corrected chi connectivity index (χ2v) is 5.00. The molecule has 0 saturated carbocycles. The Balaban J connectivity index is 2.21. The summed E-state index contributed by atoms with van der Waals surface area (Å²) in [6, 6.07) is 0.128. The fraction of sp³-hybridized carbons (Fsp3) is 0.571. The van der Waals surface area contributed by atoms with Crippen LogP contribution in [0.3, 0.4) is 0 Å². The SMILES string of the molecule is CCCn1cc(C)nc1NC(C)c1c(C)noc1C. The molecule has 2 rings (SSSR count). The quantitative estimate of drug-likeness (QED) is 0.897. The Morgan fingerprint density at radius 2 is 2.11 bits per heavy atom. The van der Waals surface area contributed by atoms with E-state index in [1.807, 2.05) is 20.8 Å². The van der Waals surface area contributed by atoms with Crippen LogP contribution in [-0.4, -0.2) is 14.7 Å². The maximum absolute atomic E-state index is 5.22. The zero-order chi connectivity index (χ0) is 14.0. The average molecular weight is 262 g/mol. The van der Waals surface area contributed by atoms with E-state index in [0.717, 1.165) is 41.6 Å². The lowest BCUT2D eigenvalue weighted by molar-refractivity contribution is 0.392. The van der Waals surface area contributed by atoms with E-state index < -0.39 is 0 Å². The zero-order valence-corrected chi connectivity index (χ0v) is 12.3. The zero-order valence-electron chi connectivity index (χ0n) is 12.3. The lowest BCUT2D eigenvalue weighted by atomic mass is 10.1. The number of aryl methyl sites for hydroxylation is 4. The average Bonchev–Trinajstić information content (AvgIpc) is 2.83. The van der Waals surface area contributed by atoms with Crippen LogP contribution in [0.2, 0.25) is 0 Å². The summed E-state index contributed by atoms with van der Waals surface area (Å²) in [5.41, 5.74) is 3.08. The number of anilines is 1. The molecule has 0 aliphatic heterocycles. The van der Waals surface area contributed by atoms with Crippen LogP contribution in [0, 0.1) is 20.8 Å². The largest absolute Gasteiger partial charge is 0.361 e. The minimum Gasteiger partial charge on any atom is -0.361 e. The summed E-state index contributed by atoms with van der Waals surface area (Å²) >= 11 is 0. The first-order valence-corrected chi connectivity index (χ1v) is 6.76. The monoisotopic (exact) mass is 262 g/mol. The first kappa shape index (κ1) is 13.6. The smallest absolute Gasteiger partial charge is 0.203 e. The Bertz CT molecular complexity index is 536. The van der Waals surface area contributed by atoms with Gasteiger partial charge in [-0.05, 0) is 34.1 Å². The Hall–Kier alpha value is -1.78. The molecule has 1 N–H and O–H groups in total. The van der Waals surface area contributed by atoms with Gasteiger partial charge in [-0.15, -0.1) is 0 Å². The van der Waals surface area contributed by atoms with Crippen molar-refractivity contribution in [2.45, 2.75) is 53.6 Å². The molecule has 0 amide bonds. The van der Waals surface area contributed by atoms with Gasteiger partial charge < -0.3 is 14.4 Å². The van der Waals surface area contributed by atoms with Gasteiger partial charge in [0.15, 0.2) is 0 Å². The van der Waals surface area contributed by atoms with E-state index in [0.29, 0.717) is 0 Å². The molecule has 0 aliphatic rings. The van der Waals surface area contributed by atoms with Gasteiger partial charge in [-0.1, -0.05) is 12.1 Å². The van der Waals surface area contributed by atoms with Crippen LogP contribution >= 0.6 is 0 Å². The highest BCUT2D eigenvalue weighted by atomic mass is 16.5.